The van der Waals surface area contributed by atoms with Crippen LogP contribution in [0.25, 0.3) is 11.1 Å². The summed E-state index contributed by atoms with van der Waals surface area (Å²) in [5.74, 6) is -0.735. The largest absolute Gasteiger partial charge is 0.436 e. The fraction of sp³-hybridized carbons (Fsp3) is 0.556. The van der Waals surface area contributed by atoms with Crippen molar-refractivity contribution in [2.24, 2.45) is 0 Å². The fourth-order valence-corrected chi connectivity index (χ4v) is 8.06. The third-order valence-electron chi connectivity index (χ3n) is 10.8. The van der Waals surface area contributed by atoms with Crippen LogP contribution in [0.4, 0.5) is 15.3 Å². The van der Waals surface area contributed by atoms with E-state index in [0.29, 0.717) is 62.7 Å². The zero-order chi connectivity index (χ0) is 33.2. The van der Waals surface area contributed by atoms with Gasteiger partial charge >= 0.3 is 17.9 Å². The number of aromatic amines is 1. The van der Waals surface area contributed by atoms with Crippen LogP contribution in [0.15, 0.2) is 45.6 Å². The Bertz CT molecular complexity index is 1700. The number of benzene rings is 2. The van der Waals surface area contributed by atoms with Gasteiger partial charge in [-0.1, -0.05) is 43.5 Å². The van der Waals surface area contributed by atoms with Gasteiger partial charge in [-0.15, -0.1) is 0 Å². The van der Waals surface area contributed by atoms with Gasteiger partial charge in [0.05, 0.1) is 5.52 Å². The summed E-state index contributed by atoms with van der Waals surface area (Å²) in [6.45, 7) is 6.19. The van der Waals surface area contributed by atoms with E-state index in [1.165, 1.54) is 32.1 Å². The second-order valence-electron chi connectivity index (χ2n) is 13.8. The summed E-state index contributed by atoms with van der Waals surface area (Å²) in [4.78, 5) is 63.3. The third-order valence-corrected chi connectivity index (χ3v) is 10.8. The number of carbonyl (C=O) groups is 3. The number of para-hydroxylation sites is 1. The highest BCUT2D eigenvalue weighted by Crippen LogP contribution is 2.27. The number of aromatic nitrogens is 1. The maximum Gasteiger partial charge on any atom is 0.417 e. The molecule has 0 spiro atoms. The molecule has 2 saturated heterocycles. The van der Waals surface area contributed by atoms with Crippen molar-refractivity contribution in [2.75, 3.05) is 51.1 Å². The summed E-state index contributed by atoms with van der Waals surface area (Å²) >= 11 is 0. The molecule has 4 heterocycles. The van der Waals surface area contributed by atoms with Crippen LogP contribution in [0.3, 0.4) is 0 Å². The van der Waals surface area contributed by atoms with Crippen molar-refractivity contribution >= 4 is 34.8 Å². The molecule has 3 fully saturated rings. The van der Waals surface area contributed by atoms with Gasteiger partial charge in [0.2, 0.25) is 0 Å². The molecule has 1 aliphatic carbocycles. The molecule has 256 valence electrons. The van der Waals surface area contributed by atoms with Crippen LogP contribution >= 0.6 is 0 Å². The number of rotatable bonds is 6. The van der Waals surface area contributed by atoms with E-state index < -0.39 is 18.0 Å². The Morgan fingerprint density at radius 1 is 0.896 bits per heavy atom. The Labute approximate surface area is 280 Å². The molecule has 12 heteroatoms. The number of amides is 4. The molecule has 1 aromatic heterocycles. The lowest BCUT2D eigenvalue weighted by Crippen LogP contribution is -2.55. The lowest BCUT2D eigenvalue weighted by atomic mass is 9.94. The van der Waals surface area contributed by atoms with Gasteiger partial charge in [0, 0.05) is 70.0 Å². The monoisotopic (exact) mass is 658 g/mol. The van der Waals surface area contributed by atoms with E-state index in [0.717, 1.165) is 41.9 Å². The molecule has 2 aromatic carbocycles. The number of urea groups is 1. The lowest BCUT2D eigenvalue weighted by molar-refractivity contribution is -0.143. The predicted molar refractivity (Wildman–Crippen MR) is 181 cm³/mol. The second-order valence-corrected chi connectivity index (χ2v) is 13.8. The number of hydrogen-bond donors (Lipinski definition) is 2. The van der Waals surface area contributed by atoms with Crippen molar-refractivity contribution in [1.29, 1.82) is 0 Å². The number of H-pyrrole nitrogens is 1. The second kappa shape index (κ2) is 14.0. The molecule has 2 N–H and O–H groups in total. The smallest absolute Gasteiger partial charge is 0.417 e. The number of aryl methyl sites for hydroxylation is 1. The highest BCUT2D eigenvalue weighted by molar-refractivity contribution is 5.91. The van der Waals surface area contributed by atoms with Gasteiger partial charge in [-0.05, 0) is 67.9 Å². The molecule has 3 aromatic rings. The molecule has 7 rings (SSSR count). The van der Waals surface area contributed by atoms with Crippen LogP contribution in [0.5, 0.6) is 0 Å². The molecule has 0 bridgehead atoms. The van der Waals surface area contributed by atoms with Crippen molar-refractivity contribution < 1.29 is 23.5 Å². The molecular formula is C36H46N6O6. The minimum atomic E-state index is -1.02. The summed E-state index contributed by atoms with van der Waals surface area (Å²) in [5, 5.41) is 3.04. The van der Waals surface area contributed by atoms with Gasteiger partial charge in [-0.3, -0.25) is 14.7 Å². The minimum absolute atomic E-state index is 0.00644. The van der Waals surface area contributed by atoms with Gasteiger partial charge in [0.1, 0.15) is 0 Å². The van der Waals surface area contributed by atoms with Crippen LogP contribution in [0, 0.1) is 6.92 Å². The zero-order valence-corrected chi connectivity index (χ0v) is 27.7. The molecule has 3 aliphatic heterocycles. The number of likely N-dealkylation sites (tertiary alicyclic amines) is 1. The number of ether oxygens (including phenoxy) is 1. The standard InChI is InChI=1S/C36H46N6O6/c1-24-21-25(22-30-32(24)38-35(45)47-30)23-31(33(43)40-19-17-39(18-20-40)27-8-3-2-4-9-27)48-36(46)41-14-12-28(13-15-41)42-16-11-26-7-5-6-10-29(26)37-34(42)44/h5-7,10,21-22,27-28,31H,2-4,8-9,11-20,23H2,1H3,(H,37,44)(H,38,45)/t31-/m1/s1. The molecule has 48 heavy (non-hydrogen) atoms. The number of carbonyl (C=O) groups excluding carboxylic acids is 3. The number of piperazine rings is 1. The van der Waals surface area contributed by atoms with Gasteiger partial charge in [0.25, 0.3) is 5.91 Å². The van der Waals surface area contributed by atoms with Gasteiger partial charge in [-0.2, -0.15) is 0 Å². The maximum atomic E-state index is 14.1. The first-order valence-electron chi connectivity index (χ1n) is 17.6. The van der Waals surface area contributed by atoms with Crippen LogP contribution in [-0.4, -0.2) is 107 Å². The summed E-state index contributed by atoms with van der Waals surface area (Å²) in [6.07, 6.45) is 6.94. The quantitative estimate of drug-likeness (QED) is 0.399. The van der Waals surface area contributed by atoms with Crippen molar-refractivity contribution in [3.63, 3.8) is 0 Å². The molecular weight excluding hydrogens is 612 g/mol. The molecule has 1 atom stereocenters. The molecule has 4 amide bonds. The van der Waals surface area contributed by atoms with Gasteiger partial charge in [0.15, 0.2) is 11.7 Å². The van der Waals surface area contributed by atoms with Crippen LogP contribution in [-0.2, 0) is 22.4 Å². The topological polar surface area (TPSA) is 131 Å². The lowest BCUT2D eigenvalue weighted by Gasteiger charge is -2.41. The first kappa shape index (κ1) is 32.2. The Hall–Kier alpha value is -4.32. The Balaban J connectivity index is 1.01. The number of anilines is 1. The zero-order valence-electron chi connectivity index (χ0n) is 27.7. The predicted octanol–water partition coefficient (Wildman–Crippen LogP) is 4.51. The van der Waals surface area contributed by atoms with Crippen LogP contribution in [0.1, 0.15) is 61.6 Å². The highest BCUT2D eigenvalue weighted by atomic mass is 16.6. The van der Waals surface area contributed by atoms with Crippen molar-refractivity contribution in [3.8, 4) is 0 Å². The van der Waals surface area contributed by atoms with E-state index in [4.69, 9.17) is 9.15 Å². The number of oxazole rings is 1. The molecule has 4 aliphatic rings. The summed E-state index contributed by atoms with van der Waals surface area (Å²) in [5.41, 5.74) is 4.57. The normalized spacial score (nSPS) is 20.7. The number of nitrogens with one attached hydrogen (secondary N) is 2. The number of hydrogen-bond acceptors (Lipinski definition) is 7. The van der Waals surface area contributed by atoms with Crippen molar-refractivity contribution in [1.82, 2.24) is 24.6 Å². The Morgan fingerprint density at radius 3 is 2.42 bits per heavy atom. The van der Waals surface area contributed by atoms with Crippen LogP contribution < -0.4 is 11.1 Å². The SMILES string of the molecule is Cc1cc(C[C@@H](OC(=O)N2CCC(N3CCc4ccccc4NC3=O)CC2)C(=O)N2CCN(C3CCCCC3)CC2)cc2oc(=O)[nH]c12. The average molecular weight is 659 g/mol. The van der Waals surface area contributed by atoms with E-state index in [-0.39, 0.29) is 24.4 Å². The van der Waals surface area contributed by atoms with E-state index >= 15 is 0 Å². The average Bonchev–Trinajstić information content (AvgIpc) is 3.40. The molecule has 12 nitrogen and oxygen atoms in total. The van der Waals surface area contributed by atoms with Gasteiger partial charge in [-0.25, -0.2) is 14.4 Å². The third kappa shape index (κ3) is 6.94. The number of nitrogens with zero attached hydrogens (tertiary/aromatic N) is 4. The molecule has 1 saturated carbocycles. The Kier molecular flexibility index (Phi) is 9.43. The van der Waals surface area contributed by atoms with E-state index in [1.807, 2.05) is 47.1 Å². The first-order chi connectivity index (χ1) is 23.3. The maximum absolute atomic E-state index is 14.1. The molecule has 0 radical (unpaired) electrons. The first-order valence-corrected chi connectivity index (χ1v) is 17.6. The molecule has 0 unspecified atom stereocenters. The number of fused-ring (bicyclic) bond motifs is 2. The van der Waals surface area contributed by atoms with Crippen molar-refractivity contribution in [3.05, 3.63) is 63.6 Å². The van der Waals surface area contributed by atoms with Crippen molar-refractivity contribution in [2.45, 2.75) is 82.9 Å². The summed E-state index contributed by atoms with van der Waals surface area (Å²) in [7, 11) is 0. The summed E-state index contributed by atoms with van der Waals surface area (Å²) < 4.78 is 11.4. The highest BCUT2D eigenvalue weighted by Gasteiger charge is 2.36. The van der Waals surface area contributed by atoms with E-state index in [9.17, 15) is 19.2 Å². The minimum Gasteiger partial charge on any atom is -0.436 e. The summed E-state index contributed by atoms with van der Waals surface area (Å²) in [6, 6.07) is 12.0. The Morgan fingerprint density at radius 2 is 1.65 bits per heavy atom. The number of piperidine rings is 1. The van der Waals surface area contributed by atoms with E-state index in [1.54, 1.807) is 11.0 Å². The fourth-order valence-electron chi connectivity index (χ4n) is 8.06. The van der Waals surface area contributed by atoms with E-state index in [2.05, 4.69) is 15.2 Å². The van der Waals surface area contributed by atoms with Gasteiger partial charge < -0.3 is 29.2 Å². The van der Waals surface area contributed by atoms with Crippen LogP contribution in [0.2, 0.25) is 0 Å².